The van der Waals surface area contributed by atoms with Crippen molar-refractivity contribution in [2.24, 2.45) is 5.41 Å². The number of anilines is 1. The van der Waals surface area contributed by atoms with Gasteiger partial charge >= 0.3 is 0 Å². The van der Waals surface area contributed by atoms with Gasteiger partial charge < -0.3 is 10.3 Å². The maximum Gasteiger partial charge on any atom is 0.230 e. The number of nitrogen functional groups attached to an aromatic ring is 1. The van der Waals surface area contributed by atoms with Crippen LogP contribution in [0.2, 0.25) is 0 Å². The second-order valence-electron chi connectivity index (χ2n) is 5.47. The van der Waals surface area contributed by atoms with Crippen LogP contribution in [0.5, 0.6) is 0 Å². The highest BCUT2D eigenvalue weighted by Gasteiger charge is 2.21. The van der Waals surface area contributed by atoms with Crippen LogP contribution in [0.3, 0.4) is 0 Å². The lowest BCUT2D eigenvalue weighted by Gasteiger charge is -2.16. The first-order valence-electron chi connectivity index (χ1n) is 5.77. The molecule has 0 aliphatic rings. The molecule has 0 amide bonds. The Morgan fingerprint density at radius 1 is 1.18 bits per heavy atom. The Morgan fingerprint density at radius 3 is 2.41 bits per heavy atom. The van der Waals surface area contributed by atoms with Crippen molar-refractivity contribution in [3.05, 3.63) is 36.0 Å². The summed E-state index contributed by atoms with van der Waals surface area (Å²) in [5, 5.41) is 4.08. The second kappa shape index (κ2) is 4.24. The minimum atomic E-state index is 0.160. The second-order valence-corrected chi connectivity index (χ2v) is 5.47. The summed E-state index contributed by atoms with van der Waals surface area (Å²) in [7, 11) is 0. The van der Waals surface area contributed by atoms with E-state index in [1.54, 1.807) is 0 Å². The van der Waals surface area contributed by atoms with Crippen molar-refractivity contribution < 1.29 is 4.52 Å². The van der Waals surface area contributed by atoms with Gasteiger partial charge in [0.25, 0.3) is 0 Å². The highest BCUT2D eigenvalue weighted by atomic mass is 16.5. The van der Waals surface area contributed by atoms with Crippen molar-refractivity contribution in [2.75, 3.05) is 5.73 Å². The van der Waals surface area contributed by atoms with Crippen molar-refractivity contribution >= 4 is 5.88 Å². The zero-order valence-electron chi connectivity index (χ0n) is 10.5. The predicted molar refractivity (Wildman–Crippen MR) is 69.5 cm³/mol. The van der Waals surface area contributed by atoms with Gasteiger partial charge in [-0.3, -0.25) is 0 Å². The first-order valence-corrected chi connectivity index (χ1v) is 5.77. The molecule has 0 saturated carbocycles. The molecule has 2 N–H and O–H groups in total. The Kier molecular flexibility index (Phi) is 2.92. The molecule has 0 aliphatic heterocycles. The zero-order valence-corrected chi connectivity index (χ0v) is 10.5. The molecule has 2 aromatic rings. The largest absolute Gasteiger partial charge is 0.367 e. The van der Waals surface area contributed by atoms with Crippen LogP contribution in [0.1, 0.15) is 26.5 Å². The smallest absolute Gasteiger partial charge is 0.230 e. The summed E-state index contributed by atoms with van der Waals surface area (Å²) in [6.07, 6.45) is 0.845. The Labute approximate surface area is 102 Å². The number of hydrogen-bond acceptors (Lipinski definition) is 3. The maximum atomic E-state index is 5.86. The van der Waals surface area contributed by atoms with E-state index in [0.29, 0.717) is 5.88 Å². The lowest BCUT2D eigenvalue weighted by atomic mass is 9.88. The molecule has 0 fully saturated rings. The van der Waals surface area contributed by atoms with Crippen LogP contribution >= 0.6 is 0 Å². The number of nitrogens with two attached hydrogens (primary N) is 1. The average molecular weight is 230 g/mol. The third kappa shape index (κ3) is 2.67. The van der Waals surface area contributed by atoms with Crippen molar-refractivity contribution in [3.8, 4) is 11.1 Å². The lowest BCUT2D eigenvalue weighted by molar-refractivity contribution is 0.377. The molecule has 0 radical (unpaired) electrons. The molecule has 0 saturated heterocycles. The number of benzene rings is 1. The van der Waals surface area contributed by atoms with E-state index in [4.69, 9.17) is 10.3 Å². The van der Waals surface area contributed by atoms with Crippen LogP contribution in [0.15, 0.2) is 34.9 Å². The van der Waals surface area contributed by atoms with Gasteiger partial charge in [0.15, 0.2) is 0 Å². The summed E-state index contributed by atoms with van der Waals surface area (Å²) in [6.45, 7) is 6.52. The van der Waals surface area contributed by atoms with Crippen molar-refractivity contribution in [1.29, 1.82) is 0 Å². The standard InChI is InChI=1S/C14H18N2O/c1-14(2,3)9-11-12(13(15)17-16-11)10-7-5-4-6-8-10/h4-8H,9,15H2,1-3H3. The topological polar surface area (TPSA) is 52.0 Å². The van der Waals surface area contributed by atoms with E-state index in [1.807, 2.05) is 30.3 Å². The highest BCUT2D eigenvalue weighted by molar-refractivity contribution is 5.74. The number of nitrogens with zero attached hydrogens (tertiary/aromatic N) is 1. The summed E-state index contributed by atoms with van der Waals surface area (Å²) < 4.78 is 5.12. The van der Waals surface area contributed by atoms with Crippen LogP contribution in [0.25, 0.3) is 11.1 Å². The number of rotatable bonds is 2. The molecule has 17 heavy (non-hydrogen) atoms. The van der Waals surface area contributed by atoms with Gasteiger partial charge in [0, 0.05) is 0 Å². The third-order valence-corrected chi connectivity index (χ3v) is 2.55. The van der Waals surface area contributed by atoms with E-state index < -0.39 is 0 Å². The van der Waals surface area contributed by atoms with Gasteiger partial charge in [0.2, 0.25) is 5.88 Å². The van der Waals surface area contributed by atoms with Gasteiger partial charge in [-0.05, 0) is 17.4 Å². The molecule has 3 heteroatoms. The van der Waals surface area contributed by atoms with Gasteiger partial charge in [-0.2, -0.15) is 0 Å². The molecule has 0 aliphatic carbocycles. The molecule has 0 unspecified atom stereocenters. The van der Waals surface area contributed by atoms with Crippen molar-refractivity contribution in [1.82, 2.24) is 5.16 Å². The molecule has 1 aromatic carbocycles. The van der Waals surface area contributed by atoms with Crippen LogP contribution in [-0.4, -0.2) is 5.16 Å². The lowest BCUT2D eigenvalue weighted by Crippen LogP contribution is -2.10. The predicted octanol–water partition coefficient (Wildman–Crippen LogP) is 3.51. The van der Waals surface area contributed by atoms with Gasteiger partial charge in [-0.15, -0.1) is 0 Å². The monoisotopic (exact) mass is 230 g/mol. The zero-order chi connectivity index (χ0) is 12.5. The van der Waals surface area contributed by atoms with Crippen LogP contribution < -0.4 is 5.73 Å². The Hall–Kier alpha value is -1.77. The molecule has 90 valence electrons. The normalized spacial score (nSPS) is 11.7. The minimum Gasteiger partial charge on any atom is -0.367 e. The van der Waals surface area contributed by atoms with Crippen molar-refractivity contribution in [2.45, 2.75) is 27.2 Å². The fourth-order valence-corrected chi connectivity index (χ4v) is 1.87. The average Bonchev–Trinajstić information content (AvgIpc) is 2.58. The Balaban J connectivity index is 2.44. The molecular formula is C14H18N2O. The van der Waals surface area contributed by atoms with Gasteiger partial charge in [-0.1, -0.05) is 56.3 Å². The summed E-state index contributed by atoms with van der Waals surface area (Å²) >= 11 is 0. The van der Waals surface area contributed by atoms with Gasteiger partial charge in [0.05, 0.1) is 11.3 Å². The minimum absolute atomic E-state index is 0.160. The molecule has 0 bridgehead atoms. The Bertz CT molecular complexity index is 495. The maximum absolute atomic E-state index is 5.86. The molecule has 0 atom stereocenters. The first kappa shape index (κ1) is 11.7. The SMILES string of the molecule is CC(C)(C)Cc1noc(N)c1-c1ccccc1. The number of hydrogen-bond donors (Lipinski definition) is 1. The van der Waals surface area contributed by atoms with E-state index in [9.17, 15) is 0 Å². The fraction of sp³-hybridized carbons (Fsp3) is 0.357. The first-order chi connectivity index (χ1) is 7.97. The van der Waals surface area contributed by atoms with E-state index in [1.165, 1.54) is 0 Å². The summed E-state index contributed by atoms with van der Waals surface area (Å²) in [5.41, 5.74) is 8.95. The summed E-state index contributed by atoms with van der Waals surface area (Å²) in [6, 6.07) is 10.0. The molecule has 1 aromatic heterocycles. The van der Waals surface area contributed by atoms with Crippen molar-refractivity contribution in [3.63, 3.8) is 0 Å². The van der Waals surface area contributed by atoms with Crippen LogP contribution in [0.4, 0.5) is 5.88 Å². The highest BCUT2D eigenvalue weighted by Crippen LogP contribution is 2.33. The molecule has 0 spiro atoms. The molecule has 2 rings (SSSR count). The molecule has 3 nitrogen and oxygen atoms in total. The van der Waals surface area contributed by atoms with Gasteiger partial charge in [-0.25, -0.2) is 0 Å². The molecule has 1 heterocycles. The van der Waals surface area contributed by atoms with E-state index in [2.05, 4.69) is 25.9 Å². The van der Waals surface area contributed by atoms with E-state index in [0.717, 1.165) is 23.2 Å². The fourth-order valence-electron chi connectivity index (χ4n) is 1.87. The van der Waals surface area contributed by atoms with E-state index in [-0.39, 0.29) is 5.41 Å². The summed E-state index contributed by atoms with van der Waals surface area (Å²) in [4.78, 5) is 0. The quantitative estimate of drug-likeness (QED) is 0.858. The van der Waals surface area contributed by atoms with Crippen LogP contribution in [-0.2, 0) is 6.42 Å². The molecular weight excluding hydrogens is 212 g/mol. The Morgan fingerprint density at radius 2 is 1.82 bits per heavy atom. The van der Waals surface area contributed by atoms with Crippen LogP contribution in [0, 0.1) is 5.41 Å². The third-order valence-electron chi connectivity index (χ3n) is 2.55. The van der Waals surface area contributed by atoms with E-state index >= 15 is 0 Å². The van der Waals surface area contributed by atoms with Gasteiger partial charge in [0.1, 0.15) is 0 Å². The summed E-state index contributed by atoms with van der Waals surface area (Å²) in [5.74, 6) is 0.399. The number of aromatic nitrogens is 1.